The zero-order chi connectivity index (χ0) is 9.14. The maximum absolute atomic E-state index is 10.7. The van der Waals surface area contributed by atoms with E-state index < -0.39 is 0 Å². The molecule has 0 aromatic rings. The summed E-state index contributed by atoms with van der Waals surface area (Å²) < 4.78 is 0. The lowest BCUT2D eigenvalue weighted by Gasteiger charge is -2.33. The number of hydrogen-bond donors (Lipinski definition) is 0. The van der Waals surface area contributed by atoms with Crippen molar-refractivity contribution in [2.75, 3.05) is 0 Å². The Bertz CT molecular complexity index is 151. The van der Waals surface area contributed by atoms with E-state index in [9.17, 15) is 4.79 Å². The Morgan fingerprint density at radius 3 is 2.50 bits per heavy atom. The van der Waals surface area contributed by atoms with Gasteiger partial charge in [0.15, 0.2) is 0 Å². The zero-order valence-electron chi connectivity index (χ0n) is 8.42. The van der Waals surface area contributed by atoms with Gasteiger partial charge in [-0.1, -0.05) is 20.8 Å². The highest BCUT2D eigenvalue weighted by Gasteiger charge is 2.28. The lowest BCUT2D eigenvalue weighted by molar-refractivity contribution is -0.114. The number of carbonyl (C=O) groups is 1. The second-order valence-electron chi connectivity index (χ2n) is 4.59. The Balaban J connectivity index is 2.49. The molecule has 3 atom stereocenters. The van der Waals surface area contributed by atoms with Gasteiger partial charge in [0.2, 0.25) is 0 Å². The molecular weight excluding hydrogens is 148 g/mol. The Morgan fingerprint density at radius 2 is 2.00 bits per heavy atom. The van der Waals surface area contributed by atoms with Crippen LogP contribution in [-0.2, 0) is 4.79 Å². The van der Waals surface area contributed by atoms with Crippen molar-refractivity contribution in [3.8, 4) is 0 Å². The molecule has 70 valence electrons. The summed E-state index contributed by atoms with van der Waals surface area (Å²) in [6, 6.07) is 0. The molecule has 0 radical (unpaired) electrons. The largest absolute Gasteiger partial charge is 0.303 e. The minimum Gasteiger partial charge on any atom is -0.303 e. The van der Waals surface area contributed by atoms with Gasteiger partial charge in [0.05, 0.1) is 0 Å². The predicted octanol–water partition coefficient (Wildman–Crippen LogP) is 2.89. The number of aldehydes is 1. The molecule has 12 heavy (non-hydrogen) atoms. The summed E-state index contributed by atoms with van der Waals surface area (Å²) in [5.41, 5.74) is 0. The summed E-state index contributed by atoms with van der Waals surface area (Å²) in [5.74, 6) is 2.50. The Morgan fingerprint density at radius 1 is 1.33 bits per heavy atom. The molecule has 1 aliphatic rings. The van der Waals surface area contributed by atoms with Crippen LogP contribution in [0, 0.1) is 23.7 Å². The Hall–Kier alpha value is -0.330. The summed E-state index contributed by atoms with van der Waals surface area (Å²) >= 11 is 0. The SMILES string of the molecule is CC(C)[C@@H]1CC[C@H](C)[C@@H](C=O)C1. The van der Waals surface area contributed by atoms with Crippen LogP contribution >= 0.6 is 0 Å². The topological polar surface area (TPSA) is 17.1 Å². The van der Waals surface area contributed by atoms with E-state index in [1.807, 2.05) is 0 Å². The van der Waals surface area contributed by atoms with Gasteiger partial charge in [0.1, 0.15) is 6.29 Å². The van der Waals surface area contributed by atoms with Crippen molar-refractivity contribution in [2.24, 2.45) is 23.7 Å². The van der Waals surface area contributed by atoms with Crippen molar-refractivity contribution < 1.29 is 4.79 Å². The highest BCUT2D eigenvalue weighted by Crippen LogP contribution is 2.36. The molecule has 0 N–H and O–H groups in total. The lowest BCUT2D eigenvalue weighted by atomic mass is 9.72. The molecular formula is C11H20O. The van der Waals surface area contributed by atoms with Gasteiger partial charge in [-0.3, -0.25) is 0 Å². The average molecular weight is 168 g/mol. The third kappa shape index (κ3) is 2.09. The third-order valence-electron chi connectivity index (χ3n) is 3.42. The second kappa shape index (κ2) is 4.06. The number of carbonyl (C=O) groups excluding carboxylic acids is 1. The number of rotatable bonds is 2. The molecule has 1 aliphatic carbocycles. The molecule has 0 aromatic heterocycles. The second-order valence-corrected chi connectivity index (χ2v) is 4.59. The number of hydrogen-bond acceptors (Lipinski definition) is 1. The summed E-state index contributed by atoms with van der Waals surface area (Å²) in [7, 11) is 0. The summed E-state index contributed by atoms with van der Waals surface area (Å²) in [6.45, 7) is 6.74. The van der Waals surface area contributed by atoms with Crippen molar-refractivity contribution in [2.45, 2.75) is 40.0 Å². The quantitative estimate of drug-likeness (QED) is 0.579. The molecule has 0 unspecified atom stereocenters. The molecule has 0 aromatic carbocycles. The molecule has 0 saturated heterocycles. The van der Waals surface area contributed by atoms with Crippen LogP contribution in [0.15, 0.2) is 0 Å². The van der Waals surface area contributed by atoms with Gasteiger partial charge in [-0.25, -0.2) is 0 Å². The minimum atomic E-state index is 0.339. The normalized spacial score (nSPS) is 36.8. The van der Waals surface area contributed by atoms with Gasteiger partial charge in [0.25, 0.3) is 0 Å². The van der Waals surface area contributed by atoms with Crippen LogP contribution in [0.5, 0.6) is 0 Å². The van der Waals surface area contributed by atoms with Gasteiger partial charge >= 0.3 is 0 Å². The van der Waals surface area contributed by atoms with Gasteiger partial charge < -0.3 is 4.79 Å². The Labute approximate surface area is 75.5 Å². The third-order valence-corrected chi connectivity index (χ3v) is 3.42. The summed E-state index contributed by atoms with van der Waals surface area (Å²) in [5, 5.41) is 0. The van der Waals surface area contributed by atoms with Gasteiger partial charge in [-0.2, -0.15) is 0 Å². The van der Waals surface area contributed by atoms with Gasteiger partial charge in [-0.15, -0.1) is 0 Å². The highest BCUT2D eigenvalue weighted by atomic mass is 16.1. The lowest BCUT2D eigenvalue weighted by Crippen LogP contribution is -2.26. The van der Waals surface area contributed by atoms with Crippen LogP contribution in [0.3, 0.4) is 0 Å². The molecule has 0 bridgehead atoms. The van der Waals surface area contributed by atoms with Crippen LogP contribution < -0.4 is 0 Å². The summed E-state index contributed by atoms with van der Waals surface area (Å²) in [4.78, 5) is 10.7. The van der Waals surface area contributed by atoms with Crippen LogP contribution in [0.4, 0.5) is 0 Å². The molecule has 0 aliphatic heterocycles. The monoisotopic (exact) mass is 168 g/mol. The van der Waals surface area contributed by atoms with Gasteiger partial charge in [0, 0.05) is 5.92 Å². The van der Waals surface area contributed by atoms with E-state index in [2.05, 4.69) is 20.8 Å². The first kappa shape index (κ1) is 9.76. The molecule has 1 fully saturated rings. The molecule has 0 spiro atoms. The van der Waals surface area contributed by atoms with E-state index in [1.165, 1.54) is 19.1 Å². The smallest absolute Gasteiger partial charge is 0.123 e. The average Bonchev–Trinajstić information content (AvgIpc) is 2.05. The molecule has 1 rings (SSSR count). The fourth-order valence-corrected chi connectivity index (χ4v) is 2.19. The molecule has 0 heterocycles. The van der Waals surface area contributed by atoms with Crippen LogP contribution in [0.25, 0.3) is 0 Å². The molecule has 1 heteroatoms. The fraction of sp³-hybridized carbons (Fsp3) is 0.909. The minimum absolute atomic E-state index is 0.339. The van der Waals surface area contributed by atoms with Crippen LogP contribution in [-0.4, -0.2) is 6.29 Å². The first-order valence-corrected chi connectivity index (χ1v) is 5.10. The maximum Gasteiger partial charge on any atom is 0.123 e. The van der Waals surface area contributed by atoms with E-state index in [4.69, 9.17) is 0 Å². The Kier molecular flexibility index (Phi) is 3.30. The van der Waals surface area contributed by atoms with Crippen molar-refractivity contribution in [3.05, 3.63) is 0 Å². The van der Waals surface area contributed by atoms with E-state index in [0.717, 1.165) is 18.3 Å². The van der Waals surface area contributed by atoms with Crippen molar-refractivity contribution in [1.82, 2.24) is 0 Å². The van der Waals surface area contributed by atoms with Crippen molar-refractivity contribution >= 4 is 6.29 Å². The zero-order valence-corrected chi connectivity index (χ0v) is 8.42. The highest BCUT2D eigenvalue weighted by molar-refractivity contribution is 5.54. The first-order valence-electron chi connectivity index (χ1n) is 5.10. The van der Waals surface area contributed by atoms with Crippen LogP contribution in [0.2, 0.25) is 0 Å². The van der Waals surface area contributed by atoms with E-state index in [-0.39, 0.29) is 0 Å². The van der Waals surface area contributed by atoms with Gasteiger partial charge in [-0.05, 0) is 37.0 Å². The predicted molar refractivity (Wildman–Crippen MR) is 50.9 cm³/mol. The van der Waals surface area contributed by atoms with E-state index in [0.29, 0.717) is 11.8 Å². The van der Waals surface area contributed by atoms with Crippen LogP contribution in [0.1, 0.15) is 40.0 Å². The van der Waals surface area contributed by atoms with E-state index in [1.54, 1.807) is 0 Å². The molecule has 1 nitrogen and oxygen atoms in total. The molecule has 1 saturated carbocycles. The fourth-order valence-electron chi connectivity index (χ4n) is 2.19. The molecule has 0 amide bonds. The van der Waals surface area contributed by atoms with E-state index >= 15 is 0 Å². The first-order chi connectivity index (χ1) is 5.65. The summed E-state index contributed by atoms with van der Waals surface area (Å²) in [6.07, 6.45) is 4.86. The maximum atomic E-state index is 10.7. The standard InChI is InChI=1S/C11H20O/c1-8(2)10-5-4-9(3)11(6-10)7-12/h7-11H,4-6H2,1-3H3/t9-,10+,11+/m0/s1. The van der Waals surface area contributed by atoms with Crippen molar-refractivity contribution in [1.29, 1.82) is 0 Å². The van der Waals surface area contributed by atoms with Crippen molar-refractivity contribution in [3.63, 3.8) is 0 Å².